The average Bonchev–Trinajstić information content (AvgIpc) is 2.74. The third-order valence-corrected chi connectivity index (χ3v) is 6.37. The summed E-state index contributed by atoms with van der Waals surface area (Å²) in [7, 11) is 0. The molecule has 0 aliphatic heterocycles. The van der Waals surface area contributed by atoms with Crippen LogP contribution in [0.25, 0.3) is 0 Å². The van der Waals surface area contributed by atoms with Crippen molar-refractivity contribution in [2.75, 3.05) is 0 Å². The van der Waals surface area contributed by atoms with Crippen molar-refractivity contribution in [3.63, 3.8) is 0 Å². The fraction of sp³-hybridized carbons (Fsp3) is 0.269. The van der Waals surface area contributed by atoms with Crippen molar-refractivity contribution in [1.29, 1.82) is 0 Å². The minimum Gasteiger partial charge on any atom is -0.507 e. The van der Waals surface area contributed by atoms with E-state index in [1.165, 1.54) is 11.1 Å². The number of carbonyl (C=O) groups is 1. The van der Waals surface area contributed by atoms with Crippen molar-refractivity contribution in [3.8, 4) is 5.75 Å². The summed E-state index contributed by atoms with van der Waals surface area (Å²) < 4.78 is 0. The largest absolute Gasteiger partial charge is 0.507 e. The van der Waals surface area contributed by atoms with E-state index in [0.717, 1.165) is 16.4 Å². The molecular weight excluding hydrogens is 424 g/mol. The smallest absolute Gasteiger partial charge is 0.339 e. The molecule has 0 atom stereocenters. The molecule has 0 saturated heterocycles. The molecule has 0 spiro atoms. The number of thioether (sulfide) groups is 1. The lowest BCUT2D eigenvalue weighted by Gasteiger charge is -2.24. The van der Waals surface area contributed by atoms with E-state index < -0.39 is 5.97 Å². The van der Waals surface area contributed by atoms with Crippen molar-refractivity contribution in [2.24, 2.45) is 0 Å². The van der Waals surface area contributed by atoms with Crippen LogP contribution in [0.3, 0.4) is 0 Å². The van der Waals surface area contributed by atoms with Crippen molar-refractivity contribution in [2.45, 2.75) is 49.5 Å². The predicted octanol–water partition coefficient (Wildman–Crippen LogP) is 7.11. The Bertz CT molecular complexity index is 995. The lowest BCUT2D eigenvalue weighted by molar-refractivity contribution is 0.0692. The van der Waals surface area contributed by atoms with Gasteiger partial charge in [0.15, 0.2) is 0 Å². The number of carboxylic acids is 1. The van der Waals surface area contributed by atoms with Crippen LogP contribution in [-0.2, 0) is 16.9 Å². The molecule has 5 heteroatoms. The van der Waals surface area contributed by atoms with Crippen molar-refractivity contribution in [3.05, 3.63) is 94.5 Å². The van der Waals surface area contributed by atoms with E-state index in [4.69, 9.17) is 0 Å². The SMILES string of the molecule is Cc1c(SCc2ccccc2)cc(C(C)(C)C)c(O)c1C(=O)O.SCc1ccccc1. The molecule has 31 heavy (non-hydrogen) atoms. The normalized spacial score (nSPS) is 10.9. The van der Waals surface area contributed by atoms with Crippen LogP contribution in [0.2, 0.25) is 0 Å². The first kappa shape index (κ1) is 24.9. The van der Waals surface area contributed by atoms with Crippen molar-refractivity contribution < 1.29 is 15.0 Å². The molecule has 0 radical (unpaired) electrons. The zero-order valence-electron chi connectivity index (χ0n) is 18.4. The number of thiol groups is 1. The second-order valence-corrected chi connectivity index (χ2v) is 9.58. The van der Waals surface area contributed by atoms with E-state index in [1.807, 2.05) is 75.4 Å². The highest BCUT2D eigenvalue weighted by atomic mass is 32.2. The third kappa shape index (κ3) is 7.08. The molecule has 0 bridgehead atoms. The minimum absolute atomic E-state index is 0.00740. The Balaban J connectivity index is 0.000000357. The maximum absolute atomic E-state index is 11.6. The number of rotatable bonds is 5. The second kappa shape index (κ2) is 11.3. The highest BCUT2D eigenvalue weighted by Crippen LogP contribution is 2.40. The van der Waals surface area contributed by atoms with Gasteiger partial charge in [0.1, 0.15) is 11.3 Å². The van der Waals surface area contributed by atoms with E-state index in [-0.39, 0.29) is 16.7 Å². The molecule has 0 aromatic heterocycles. The summed E-state index contributed by atoms with van der Waals surface area (Å²) in [5.41, 5.74) is 3.41. The van der Waals surface area contributed by atoms with Gasteiger partial charge in [-0.05, 0) is 35.1 Å². The molecule has 0 amide bonds. The van der Waals surface area contributed by atoms with Crippen LogP contribution in [0.4, 0.5) is 0 Å². The molecule has 164 valence electrons. The standard InChI is InChI=1S/C19H22O3S.C7H8S/c1-12-15(23-11-13-8-6-5-7-9-13)10-14(19(2,3)4)17(20)16(12)18(21)22;8-6-7-4-2-1-3-5-7/h5-10,20H,11H2,1-4H3,(H,21,22);1-5,8H,6H2. The molecule has 3 rings (SSSR count). The van der Waals surface area contributed by atoms with Crippen LogP contribution in [0.5, 0.6) is 5.75 Å². The molecule has 0 fully saturated rings. The van der Waals surface area contributed by atoms with Gasteiger partial charge in [0, 0.05) is 22.0 Å². The Morgan fingerprint density at radius 3 is 1.90 bits per heavy atom. The fourth-order valence-corrected chi connectivity index (χ4v) is 4.29. The number of hydrogen-bond donors (Lipinski definition) is 3. The summed E-state index contributed by atoms with van der Waals surface area (Å²) in [6, 6.07) is 22.1. The van der Waals surface area contributed by atoms with Crippen LogP contribution in [0.1, 0.15) is 53.4 Å². The first-order chi connectivity index (χ1) is 14.6. The molecule has 3 nitrogen and oxygen atoms in total. The maximum atomic E-state index is 11.6. The van der Waals surface area contributed by atoms with Crippen LogP contribution >= 0.6 is 24.4 Å². The number of phenols is 1. The Labute approximate surface area is 194 Å². The van der Waals surface area contributed by atoms with Gasteiger partial charge < -0.3 is 10.2 Å². The van der Waals surface area contributed by atoms with Crippen LogP contribution in [0.15, 0.2) is 71.6 Å². The van der Waals surface area contributed by atoms with Gasteiger partial charge in [0.05, 0.1) is 0 Å². The Morgan fingerprint density at radius 2 is 1.48 bits per heavy atom. The van der Waals surface area contributed by atoms with Gasteiger partial charge in [0.25, 0.3) is 0 Å². The number of aromatic carboxylic acids is 1. The van der Waals surface area contributed by atoms with Crippen LogP contribution < -0.4 is 0 Å². The molecule has 0 aliphatic carbocycles. The van der Waals surface area contributed by atoms with E-state index in [0.29, 0.717) is 11.1 Å². The lowest BCUT2D eigenvalue weighted by Crippen LogP contribution is -2.14. The van der Waals surface area contributed by atoms with Crippen molar-refractivity contribution in [1.82, 2.24) is 0 Å². The third-order valence-electron chi connectivity index (χ3n) is 4.80. The summed E-state index contributed by atoms with van der Waals surface area (Å²) in [6.07, 6.45) is 0. The summed E-state index contributed by atoms with van der Waals surface area (Å²) in [6.45, 7) is 7.65. The van der Waals surface area contributed by atoms with E-state index in [2.05, 4.69) is 24.8 Å². The molecule has 0 aliphatic rings. The van der Waals surface area contributed by atoms with Crippen LogP contribution in [-0.4, -0.2) is 16.2 Å². The highest BCUT2D eigenvalue weighted by molar-refractivity contribution is 7.98. The second-order valence-electron chi connectivity index (χ2n) is 8.24. The highest BCUT2D eigenvalue weighted by Gasteiger charge is 2.26. The topological polar surface area (TPSA) is 57.5 Å². The Hall–Kier alpha value is -2.37. The fourth-order valence-electron chi connectivity index (χ4n) is 3.05. The minimum atomic E-state index is -1.09. The molecule has 3 aromatic rings. The molecule has 2 N–H and O–H groups in total. The van der Waals surface area contributed by atoms with E-state index in [1.54, 1.807) is 18.7 Å². The molecule has 0 saturated carbocycles. The summed E-state index contributed by atoms with van der Waals surface area (Å²) >= 11 is 5.71. The zero-order valence-corrected chi connectivity index (χ0v) is 20.1. The maximum Gasteiger partial charge on any atom is 0.339 e. The molecule has 0 heterocycles. The molecular formula is C26H30O3S2. The van der Waals surface area contributed by atoms with Gasteiger partial charge in [-0.25, -0.2) is 4.79 Å². The number of aromatic hydroxyl groups is 1. The number of hydrogen-bond acceptors (Lipinski definition) is 4. The zero-order chi connectivity index (χ0) is 23.0. The monoisotopic (exact) mass is 454 g/mol. The van der Waals surface area contributed by atoms with Crippen LogP contribution in [0, 0.1) is 6.92 Å². The first-order valence-corrected chi connectivity index (χ1v) is 11.7. The van der Waals surface area contributed by atoms with Gasteiger partial charge >= 0.3 is 5.97 Å². The van der Waals surface area contributed by atoms with E-state index in [9.17, 15) is 15.0 Å². The molecule has 0 unspecified atom stereocenters. The lowest BCUT2D eigenvalue weighted by atomic mass is 9.84. The Kier molecular flexibility index (Phi) is 9.08. The first-order valence-electron chi connectivity index (χ1n) is 10.1. The van der Waals surface area contributed by atoms with E-state index >= 15 is 0 Å². The predicted molar refractivity (Wildman–Crippen MR) is 134 cm³/mol. The van der Waals surface area contributed by atoms with Crippen molar-refractivity contribution >= 4 is 30.4 Å². The summed E-state index contributed by atoms with van der Waals surface area (Å²) in [5.74, 6) is 0.384. The van der Waals surface area contributed by atoms with Gasteiger partial charge in [0.2, 0.25) is 0 Å². The summed E-state index contributed by atoms with van der Waals surface area (Å²) in [4.78, 5) is 12.5. The number of benzene rings is 3. The quantitative estimate of drug-likeness (QED) is 0.284. The molecule has 3 aromatic carbocycles. The van der Waals surface area contributed by atoms with Gasteiger partial charge in [-0.1, -0.05) is 81.4 Å². The van der Waals surface area contributed by atoms with Gasteiger partial charge in [-0.2, -0.15) is 12.6 Å². The summed E-state index contributed by atoms with van der Waals surface area (Å²) in [5, 5.41) is 19.9. The number of carboxylic acid groups (broad SMARTS) is 1. The van der Waals surface area contributed by atoms with Gasteiger partial charge in [-0.15, -0.1) is 11.8 Å². The Morgan fingerprint density at radius 1 is 0.968 bits per heavy atom. The average molecular weight is 455 g/mol. The van der Waals surface area contributed by atoms with Gasteiger partial charge in [-0.3, -0.25) is 0 Å².